The van der Waals surface area contributed by atoms with Crippen LogP contribution in [0.3, 0.4) is 0 Å². The second-order valence-corrected chi connectivity index (χ2v) is 3.00. The van der Waals surface area contributed by atoms with Gasteiger partial charge in [-0.3, -0.25) is 0 Å². The largest absolute Gasteiger partial charge is 0.370 e. The maximum absolute atomic E-state index is 5.65. The molecule has 0 bridgehead atoms. The number of hydrogen-bond acceptors (Lipinski definition) is 2. The van der Waals surface area contributed by atoms with Crippen LogP contribution in [0.2, 0.25) is 0 Å². The fraction of sp³-hybridized carbons (Fsp3) is 0.273. The number of hydrogen-bond donors (Lipinski definition) is 2. The van der Waals surface area contributed by atoms with Crippen molar-refractivity contribution < 1.29 is 0 Å². The van der Waals surface area contributed by atoms with Crippen LogP contribution in [0.1, 0.15) is 19.4 Å². The third-order valence-corrected chi connectivity index (χ3v) is 1.76. The summed E-state index contributed by atoms with van der Waals surface area (Å²) in [6.45, 7) is 3.92. The van der Waals surface area contributed by atoms with Crippen LogP contribution in [0, 0.1) is 0 Å². The summed E-state index contributed by atoms with van der Waals surface area (Å²) in [6.07, 6.45) is 2.00. The van der Waals surface area contributed by atoms with Crippen molar-refractivity contribution in [3.8, 4) is 0 Å². The first kappa shape index (κ1) is 9.81. The Bertz CT molecular complexity index is 275. The van der Waals surface area contributed by atoms with Crippen molar-refractivity contribution in [3.05, 3.63) is 42.0 Å². The van der Waals surface area contributed by atoms with Crippen LogP contribution in [-0.2, 0) is 0 Å². The summed E-state index contributed by atoms with van der Waals surface area (Å²) in [5, 5.41) is 3.18. The molecule has 1 unspecified atom stereocenters. The van der Waals surface area contributed by atoms with Gasteiger partial charge in [-0.1, -0.05) is 36.4 Å². The smallest absolute Gasteiger partial charge is 0.0714 e. The molecule has 0 saturated carbocycles. The van der Waals surface area contributed by atoms with Gasteiger partial charge in [0, 0.05) is 5.70 Å². The van der Waals surface area contributed by atoms with Crippen molar-refractivity contribution in [2.24, 2.45) is 5.73 Å². The van der Waals surface area contributed by atoms with Crippen molar-refractivity contribution in [2.75, 3.05) is 0 Å². The molecule has 0 fully saturated rings. The Morgan fingerprint density at radius 3 is 2.46 bits per heavy atom. The summed E-state index contributed by atoms with van der Waals surface area (Å²) >= 11 is 0. The molecule has 3 N–H and O–H groups in total. The normalized spacial score (nSPS) is 13.9. The lowest BCUT2D eigenvalue weighted by Gasteiger charge is -2.13. The lowest BCUT2D eigenvalue weighted by Crippen LogP contribution is -2.32. The summed E-state index contributed by atoms with van der Waals surface area (Å²) < 4.78 is 0. The Balaban J connectivity index is 2.80. The number of benzene rings is 1. The summed E-state index contributed by atoms with van der Waals surface area (Å²) in [4.78, 5) is 0. The molecule has 13 heavy (non-hydrogen) atoms. The predicted molar refractivity (Wildman–Crippen MR) is 56.9 cm³/mol. The van der Waals surface area contributed by atoms with E-state index in [2.05, 4.69) is 17.4 Å². The molecule has 0 spiro atoms. The summed E-state index contributed by atoms with van der Waals surface area (Å²) in [5.41, 5.74) is 7.90. The molecule has 2 nitrogen and oxygen atoms in total. The number of nitrogens with one attached hydrogen (secondary N) is 1. The van der Waals surface area contributed by atoms with Gasteiger partial charge in [0.15, 0.2) is 0 Å². The first-order valence-corrected chi connectivity index (χ1v) is 4.48. The van der Waals surface area contributed by atoms with Crippen LogP contribution in [0.15, 0.2) is 36.4 Å². The minimum Gasteiger partial charge on any atom is -0.370 e. The van der Waals surface area contributed by atoms with Gasteiger partial charge in [-0.2, -0.15) is 0 Å². The minimum atomic E-state index is -0.0218. The molecule has 0 heterocycles. The van der Waals surface area contributed by atoms with Crippen molar-refractivity contribution in [2.45, 2.75) is 20.0 Å². The van der Waals surface area contributed by atoms with Crippen LogP contribution in [0.5, 0.6) is 0 Å². The number of allylic oxidation sites excluding steroid dienone is 1. The van der Waals surface area contributed by atoms with Crippen molar-refractivity contribution in [1.82, 2.24) is 5.32 Å². The van der Waals surface area contributed by atoms with Crippen LogP contribution < -0.4 is 11.1 Å². The molecule has 0 aliphatic heterocycles. The Hall–Kier alpha value is -1.28. The van der Waals surface area contributed by atoms with Crippen molar-refractivity contribution in [1.29, 1.82) is 0 Å². The van der Waals surface area contributed by atoms with E-state index < -0.39 is 0 Å². The van der Waals surface area contributed by atoms with E-state index >= 15 is 0 Å². The highest BCUT2D eigenvalue weighted by molar-refractivity contribution is 5.63. The fourth-order valence-electron chi connectivity index (χ4n) is 1.20. The molecular weight excluding hydrogens is 160 g/mol. The average molecular weight is 176 g/mol. The molecule has 0 radical (unpaired) electrons. The molecule has 0 amide bonds. The molecule has 0 aromatic heterocycles. The zero-order valence-corrected chi connectivity index (χ0v) is 8.12. The van der Waals surface area contributed by atoms with E-state index in [0.29, 0.717) is 0 Å². The molecule has 2 heteroatoms. The van der Waals surface area contributed by atoms with Crippen LogP contribution in [0.25, 0.3) is 5.70 Å². The first-order chi connectivity index (χ1) is 6.24. The molecule has 70 valence electrons. The van der Waals surface area contributed by atoms with Gasteiger partial charge in [-0.25, -0.2) is 0 Å². The van der Waals surface area contributed by atoms with Gasteiger partial charge < -0.3 is 11.1 Å². The SMILES string of the molecule is C/C=C(\NC(C)N)c1ccccc1. The van der Waals surface area contributed by atoms with Crippen LogP contribution >= 0.6 is 0 Å². The van der Waals surface area contributed by atoms with E-state index in [4.69, 9.17) is 5.73 Å². The van der Waals surface area contributed by atoms with Gasteiger partial charge in [0.05, 0.1) is 6.17 Å². The van der Waals surface area contributed by atoms with Gasteiger partial charge in [0.2, 0.25) is 0 Å². The monoisotopic (exact) mass is 176 g/mol. The van der Waals surface area contributed by atoms with Gasteiger partial charge in [-0.05, 0) is 19.4 Å². The zero-order valence-electron chi connectivity index (χ0n) is 8.12. The van der Waals surface area contributed by atoms with E-state index in [1.54, 1.807) is 0 Å². The molecule has 1 rings (SSSR count). The van der Waals surface area contributed by atoms with E-state index in [1.807, 2.05) is 38.1 Å². The Morgan fingerprint density at radius 2 is 2.00 bits per heavy atom. The molecule has 0 aliphatic rings. The summed E-state index contributed by atoms with van der Waals surface area (Å²) in [7, 11) is 0. The molecule has 1 atom stereocenters. The predicted octanol–water partition coefficient (Wildman–Crippen LogP) is 1.94. The van der Waals surface area contributed by atoms with Crippen LogP contribution in [0.4, 0.5) is 0 Å². The number of rotatable bonds is 3. The molecule has 1 aromatic carbocycles. The molecule has 0 aliphatic carbocycles. The maximum atomic E-state index is 5.65. The summed E-state index contributed by atoms with van der Waals surface area (Å²) in [5.74, 6) is 0. The third kappa shape index (κ3) is 2.92. The van der Waals surface area contributed by atoms with E-state index in [0.717, 1.165) is 5.70 Å². The second kappa shape index (κ2) is 4.67. The first-order valence-electron chi connectivity index (χ1n) is 4.48. The Labute approximate surface area is 79.5 Å². The molecule has 0 saturated heterocycles. The van der Waals surface area contributed by atoms with Gasteiger partial charge in [0.25, 0.3) is 0 Å². The van der Waals surface area contributed by atoms with Crippen LogP contribution in [-0.4, -0.2) is 6.17 Å². The fourth-order valence-corrected chi connectivity index (χ4v) is 1.20. The highest BCUT2D eigenvalue weighted by Crippen LogP contribution is 2.10. The topological polar surface area (TPSA) is 38.0 Å². The highest BCUT2D eigenvalue weighted by atomic mass is 15.0. The second-order valence-electron chi connectivity index (χ2n) is 3.00. The maximum Gasteiger partial charge on any atom is 0.0714 e. The van der Waals surface area contributed by atoms with Gasteiger partial charge >= 0.3 is 0 Å². The van der Waals surface area contributed by atoms with Gasteiger partial charge in [-0.15, -0.1) is 0 Å². The van der Waals surface area contributed by atoms with E-state index in [-0.39, 0.29) is 6.17 Å². The lowest BCUT2D eigenvalue weighted by molar-refractivity contribution is 0.683. The summed E-state index contributed by atoms with van der Waals surface area (Å²) in [6, 6.07) is 10.2. The third-order valence-electron chi connectivity index (χ3n) is 1.76. The van der Waals surface area contributed by atoms with Gasteiger partial charge in [0.1, 0.15) is 0 Å². The lowest BCUT2D eigenvalue weighted by atomic mass is 10.1. The van der Waals surface area contributed by atoms with E-state index in [9.17, 15) is 0 Å². The average Bonchev–Trinajstić information content (AvgIpc) is 2.15. The van der Waals surface area contributed by atoms with Crippen molar-refractivity contribution >= 4 is 5.70 Å². The Morgan fingerprint density at radius 1 is 1.38 bits per heavy atom. The zero-order chi connectivity index (χ0) is 9.68. The minimum absolute atomic E-state index is 0.0218. The number of nitrogens with two attached hydrogens (primary N) is 1. The quantitative estimate of drug-likeness (QED) is 0.691. The van der Waals surface area contributed by atoms with Crippen molar-refractivity contribution in [3.63, 3.8) is 0 Å². The van der Waals surface area contributed by atoms with E-state index in [1.165, 1.54) is 5.56 Å². The Kier molecular flexibility index (Phi) is 3.53. The molecule has 1 aromatic rings. The standard InChI is InChI=1S/C11H16N2/c1-3-11(13-9(2)12)10-7-5-4-6-8-10/h3-9,13H,12H2,1-2H3/b11-3-. The highest BCUT2D eigenvalue weighted by Gasteiger charge is 1.99. The molecular formula is C11H16N2.